The highest BCUT2D eigenvalue weighted by Crippen LogP contribution is 2.20. The Labute approximate surface area is 104 Å². The van der Waals surface area contributed by atoms with E-state index in [1.165, 1.54) is 7.11 Å². The molecule has 0 spiro atoms. The molecule has 0 saturated carbocycles. The Hall–Kier alpha value is -1.32. The third-order valence-electron chi connectivity index (χ3n) is 2.07. The van der Waals surface area contributed by atoms with Crippen LogP contribution in [0.4, 0.5) is 5.69 Å². The van der Waals surface area contributed by atoms with Gasteiger partial charge in [-0.3, -0.25) is 0 Å². The average molecular weight is 257 g/mol. The van der Waals surface area contributed by atoms with Gasteiger partial charge in [0.2, 0.25) is 0 Å². The fourth-order valence-corrected chi connectivity index (χ4v) is 1.44. The highest BCUT2D eigenvalue weighted by Gasteiger charge is 2.09. The maximum absolute atomic E-state index is 9.10. The molecule has 0 saturated heterocycles. The zero-order chi connectivity index (χ0) is 12.7. The second-order valence-electron chi connectivity index (χ2n) is 3.28. The lowest BCUT2D eigenvalue weighted by atomic mass is 10.2. The average Bonchev–Trinajstić information content (AvgIpc) is 2.34. The van der Waals surface area contributed by atoms with Gasteiger partial charge in [0, 0.05) is 5.69 Å². The van der Waals surface area contributed by atoms with Gasteiger partial charge in [-0.05, 0) is 18.2 Å². The molecule has 0 aliphatic heterocycles. The molecule has 1 aromatic carbocycles. The van der Waals surface area contributed by atoms with Gasteiger partial charge < -0.3 is 10.4 Å². The zero-order valence-electron chi connectivity index (χ0n) is 9.31. The lowest BCUT2D eigenvalue weighted by molar-refractivity contribution is -0.274. The number of anilines is 1. The molecule has 2 N–H and O–H groups in total. The van der Waals surface area contributed by atoms with Gasteiger partial charge in [0.1, 0.15) is 12.7 Å². The smallest absolute Gasteiger partial charge is 0.105 e. The summed E-state index contributed by atoms with van der Waals surface area (Å²) in [6.45, 7) is 0.0889. The minimum absolute atomic E-state index is 0.110. The van der Waals surface area contributed by atoms with Gasteiger partial charge in [0.15, 0.2) is 0 Å². The Kier molecular flexibility index (Phi) is 5.73. The van der Waals surface area contributed by atoms with E-state index in [9.17, 15) is 0 Å². The number of aliphatic hydroxyl groups excluding tert-OH is 1. The van der Waals surface area contributed by atoms with Gasteiger partial charge in [-0.1, -0.05) is 11.6 Å². The molecule has 0 radical (unpaired) electrons. The monoisotopic (exact) mass is 256 g/mol. The fraction of sp³-hybridized carbons (Fsp3) is 0.364. The second kappa shape index (κ2) is 7.09. The minimum atomic E-state index is -0.307. The zero-order valence-corrected chi connectivity index (χ0v) is 10.1. The molecule has 0 aliphatic carbocycles. The van der Waals surface area contributed by atoms with E-state index in [1.54, 1.807) is 18.2 Å². The molecule has 1 aromatic rings. The van der Waals surface area contributed by atoms with E-state index < -0.39 is 0 Å². The highest BCUT2D eigenvalue weighted by molar-refractivity contribution is 6.32. The number of aliphatic hydroxyl groups is 1. The van der Waals surface area contributed by atoms with Gasteiger partial charge >= 0.3 is 0 Å². The predicted molar refractivity (Wildman–Crippen MR) is 63.6 cm³/mol. The van der Waals surface area contributed by atoms with Crippen molar-refractivity contribution in [1.82, 2.24) is 0 Å². The first kappa shape index (κ1) is 13.7. The molecule has 17 heavy (non-hydrogen) atoms. The van der Waals surface area contributed by atoms with E-state index in [0.717, 1.165) is 0 Å². The summed E-state index contributed by atoms with van der Waals surface area (Å²) in [7, 11) is 1.40. The molecule has 0 bridgehead atoms. The number of benzene rings is 1. The van der Waals surface area contributed by atoms with Crippen LogP contribution in [0.2, 0.25) is 5.02 Å². The molecule has 92 valence electrons. The van der Waals surface area contributed by atoms with Crippen LogP contribution in [0.15, 0.2) is 18.2 Å². The van der Waals surface area contributed by atoms with Gasteiger partial charge in [-0.15, -0.1) is 0 Å². The van der Waals surface area contributed by atoms with E-state index in [-0.39, 0.29) is 19.3 Å². The van der Waals surface area contributed by atoms with E-state index in [0.29, 0.717) is 16.3 Å². The molecule has 5 nitrogen and oxygen atoms in total. The van der Waals surface area contributed by atoms with Crippen LogP contribution in [0.5, 0.6) is 0 Å². The number of nitrogens with zero attached hydrogens (tertiary/aromatic N) is 1. The summed E-state index contributed by atoms with van der Waals surface area (Å²) in [4.78, 5) is 9.18. The van der Waals surface area contributed by atoms with Crippen LogP contribution in [0.25, 0.3) is 0 Å². The van der Waals surface area contributed by atoms with E-state index in [4.69, 9.17) is 26.9 Å². The standard InChI is InChI=1S/C11H13ClN2O3/c1-16-17-7-10(6-15)14-9-3-2-8(5-13)11(12)4-9/h2-4,10,14-15H,6-7H2,1H3/t10-/m1/s1. The Morgan fingerprint density at radius 3 is 2.88 bits per heavy atom. The topological polar surface area (TPSA) is 74.5 Å². The highest BCUT2D eigenvalue weighted by atomic mass is 35.5. The van der Waals surface area contributed by atoms with Crippen molar-refractivity contribution < 1.29 is 14.9 Å². The number of rotatable bonds is 6. The molecule has 0 aromatic heterocycles. The lowest BCUT2D eigenvalue weighted by Crippen LogP contribution is -2.29. The summed E-state index contributed by atoms with van der Waals surface area (Å²) in [6, 6.07) is 6.60. The predicted octanol–water partition coefficient (Wildman–Crippen LogP) is 1.56. The van der Waals surface area contributed by atoms with Crippen molar-refractivity contribution in [2.24, 2.45) is 0 Å². The minimum Gasteiger partial charge on any atom is -0.394 e. The van der Waals surface area contributed by atoms with Gasteiger partial charge in [-0.25, -0.2) is 9.78 Å². The van der Waals surface area contributed by atoms with Crippen LogP contribution in [-0.4, -0.2) is 31.5 Å². The normalized spacial score (nSPS) is 11.9. The maximum Gasteiger partial charge on any atom is 0.105 e. The van der Waals surface area contributed by atoms with Crippen LogP contribution in [-0.2, 0) is 9.78 Å². The lowest BCUT2D eigenvalue weighted by Gasteiger charge is -2.16. The van der Waals surface area contributed by atoms with Gasteiger partial charge in [-0.2, -0.15) is 5.26 Å². The molecular weight excluding hydrogens is 244 g/mol. The van der Waals surface area contributed by atoms with Gasteiger partial charge in [0.25, 0.3) is 0 Å². The van der Waals surface area contributed by atoms with Crippen molar-refractivity contribution in [2.45, 2.75) is 6.04 Å². The summed E-state index contributed by atoms with van der Waals surface area (Å²) in [5, 5.41) is 21.2. The van der Waals surface area contributed by atoms with Crippen molar-refractivity contribution in [3.63, 3.8) is 0 Å². The van der Waals surface area contributed by atoms with E-state index in [1.807, 2.05) is 6.07 Å². The molecule has 6 heteroatoms. The van der Waals surface area contributed by atoms with Crippen molar-refractivity contribution >= 4 is 17.3 Å². The van der Waals surface area contributed by atoms with Crippen LogP contribution in [0.1, 0.15) is 5.56 Å². The molecule has 1 atom stereocenters. The van der Waals surface area contributed by atoms with Crippen LogP contribution < -0.4 is 5.32 Å². The van der Waals surface area contributed by atoms with Gasteiger partial charge in [0.05, 0.1) is 30.3 Å². The summed E-state index contributed by atoms with van der Waals surface area (Å²) < 4.78 is 0. The van der Waals surface area contributed by atoms with Crippen molar-refractivity contribution in [3.05, 3.63) is 28.8 Å². The van der Waals surface area contributed by atoms with Crippen molar-refractivity contribution in [3.8, 4) is 6.07 Å². The summed E-state index contributed by atoms with van der Waals surface area (Å²) in [5.41, 5.74) is 1.11. The molecule has 0 heterocycles. The Morgan fingerprint density at radius 2 is 2.35 bits per heavy atom. The molecule has 0 unspecified atom stereocenters. The molecule has 0 aliphatic rings. The molecular formula is C11H13ClN2O3. The quantitative estimate of drug-likeness (QED) is 0.597. The first-order valence-electron chi connectivity index (χ1n) is 4.94. The third kappa shape index (κ3) is 4.21. The maximum atomic E-state index is 9.10. The number of hydrogen-bond donors (Lipinski definition) is 2. The SMILES string of the molecule is COOC[C@@H](CO)Nc1ccc(C#N)c(Cl)c1. The Morgan fingerprint density at radius 1 is 1.59 bits per heavy atom. The number of nitriles is 1. The summed E-state index contributed by atoms with van der Waals surface area (Å²) in [6.07, 6.45) is 0. The molecule has 1 rings (SSSR count). The number of hydrogen-bond acceptors (Lipinski definition) is 5. The van der Waals surface area contributed by atoms with E-state index in [2.05, 4.69) is 10.2 Å². The van der Waals surface area contributed by atoms with Crippen molar-refractivity contribution in [1.29, 1.82) is 5.26 Å². The summed E-state index contributed by atoms with van der Waals surface area (Å²) in [5.74, 6) is 0. The Bertz CT molecular complexity index is 406. The first-order chi connectivity index (χ1) is 8.21. The van der Waals surface area contributed by atoms with E-state index >= 15 is 0 Å². The summed E-state index contributed by atoms with van der Waals surface area (Å²) >= 11 is 5.88. The van der Waals surface area contributed by atoms with Crippen molar-refractivity contribution in [2.75, 3.05) is 25.6 Å². The third-order valence-corrected chi connectivity index (χ3v) is 2.38. The van der Waals surface area contributed by atoms with Crippen LogP contribution in [0, 0.1) is 11.3 Å². The number of halogens is 1. The molecule has 0 amide bonds. The fourth-order valence-electron chi connectivity index (χ4n) is 1.22. The number of nitrogens with one attached hydrogen (secondary N) is 1. The molecule has 0 fully saturated rings. The Balaban J connectivity index is 2.67. The second-order valence-corrected chi connectivity index (χ2v) is 3.69. The first-order valence-corrected chi connectivity index (χ1v) is 5.31. The largest absolute Gasteiger partial charge is 0.394 e. The van der Waals surface area contributed by atoms with Crippen LogP contribution in [0.3, 0.4) is 0 Å². The van der Waals surface area contributed by atoms with Crippen LogP contribution >= 0.6 is 11.6 Å².